The van der Waals surface area contributed by atoms with Crippen LogP contribution >= 0.6 is 0 Å². The number of carbonyl (C=O) groups is 1. The molecular formula is C22H31N5O4S. The van der Waals surface area contributed by atoms with Gasteiger partial charge in [-0.25, -0.2) is 8.42 Å². The standard InChI is InChI=1S/C22H31N5O4S/c1-2-26-13-7-8-18(26)16-23-21(28)22-24-20(25-31-22)17-9-11-19(12-10-17)32(29,30)27-14-5-3-4-6-15-27/h9-12,18H,2-8,13-16H2,1H3,(H,23,28)/t18-/m1/s1. The zero-order chi connectivity index (χ0) is 22.6. The monoisotopic (exact) mass is 461 g/mol. The number of aromatic nitrogens is 2. The van der Waals surface area contributed by atoms with Crippen molar-refractivity contribution in [2.75, 3.05) is 32.7 Å². The van der Waals surface area contributed by atoms with Gasteiger partial charge in [-0.2, -0.15) is 9.29 Å². The summed E-state index contributed by atoms with van der Waals surface area (Å²) in [5.41, 5.74) is 0.593. The van der Waals surface area contributed by atoms with E-state index in [9.17, 15) is 13.2 Å². The second kappa shape index (κ2) is 10.1. The second-order valence-corrected chi connectivity index (χ2v) is 10.3. The number of benzene rings is 1. The van der Waals surface area contributed by atoms with Gasteiger partial charge in [0.05, 0.1) is 4.90 Å². The fourth-order valence-corrected chi connectivity index (χ4v) is 5.99. The molecule has 2 aliphatic heterocycles. The molecule has 1 N–H and O–H groups in total. The van der Waals surface area contributed by atoms with Crippen LogP contribution in [0.15, 0.2) is 33.7 Å². The largest absolute Gasteiger partial charge is 0.346 e. The summed E-state index contributed by atoms with van der Waals surface area (Å²) in [6, 6.07) is 6.75. The Hall–Kier alpha value is -2.30. The fourth-order valence-electron chi connectivity index (χ4n) is 4.47. The molecule has 0 spiro atoms. The Labute approximate surface area is 189 Å². The zero-order valence-corrected chi connectivity index (χ0v) is 19.3. The maximum atomic E-state index is 12.9. The number of nitrogens with zero attached hydrogens (tertiary/aromatic N) is 4. The SMILES string of the molecule is CCN1CCC[C@@H]1CNC(=O)c1nc(-c2ccc(S(=O)(=O)N3CCCCCC3)cc2)no1. The Bertz CT molecular complexity index is 1010. The van der Waals surface area contributed by atoms with Crippen molar-refractivity contribution in [2.45, 2.75) is 56.4 Å². The molecule has 2 aliphatic rings. The Morgan fingerprint density at radius 2 is 1.81 bits per heavy atom. The van der Waals surface area contributed by atoms with Crippen LogP contribution in [0.4, 0.5) is 0 Å². The molecule has 2 saturated heterocycles. The smallest absolute Gasteiger partial charge is 0.316 e. The minimum absolute atomic E-state index is 0.0951. The number of nitrogens with one attached hydrogen (secondary N) is 1. The van der Waals surface area contributed by atoms with E-state index in [1.54, 1.807) is 28.6 Å². The van der Waals surface area contributed by atoms with Crippen LogP contribution in [0.1, 0.15) is 56.1 Å². The van der Waals surface area contributed by atoms with Gasteiger partial charge in [0.2, 0.25) is 15.8 Å². The molecule has 4 rings (SSSR count). The van der Waals surface area contributed by atoms with Crippen LogP contribution in [-0.4, -0.2) is 72.4 Å². The van der Waals surface area contributed by atoms with Gasteiger partial charge >= 0.3 is 11.8 Å². The van der Waals surface area contributed by atoms with Gasteiger partial charge in [-0.3, -0.25) is 9.69 Å². The van der Waals surface area contributed by atoms with Crippen LogP contribution in [0, 0.1) is 0 Å². The van der Waals surface area contributed by atoms with Crippen LogP contribution in [-0.2, 0) is 10.0 Å². The van der Waals surface area contributed by atoms with Crippen molar-refractivity contribution in [3.8, 4) is 11.4 Å². The number of sulfonamides is 1. The molecular weight excluding hydrogens is 430 g/mol. The van der Waals surface area contributed by atoms with Gasteiger partial charge in [-0.1, -0.05) is 24.9 Å². The predicted molar refractivity (Wildman–Crippen MR) is 120 cm³/mol. The molecule has 1 aromatic carbocycles. The maximum Gasteiger partial charge on any atom is 0.316 e. The number of likely N-dealkylation sites (N-methyl/N-ethyl adjacent to an activating group) is 1. The van der Waals surface area contributed by atoms with Gasteiger partial charge in [0.15, 0.2) is 0 Å². The summed E-state index contributed by atoms with van der Waals surface area (Å²) in [5, 5.41) is 6.77. The number of hydrogen-bond acceptors (Lipinski definition) is 7. The summed E-state index contributed by atoms with van der Waals surface area (Å²) in [7, 11) is -3.51. The van der Waals surface area contributed by atoms with Crippen LogP contribution in [0.25, 0.3) is 11.4 Å². The maximum absolute atomic E-state index is 12.9. The van der Waals surface area contributed by atoms with E-state index in [2.05, 4.69) is 27.3 Å². The third-order valence-electron chi connectivity index (χ3n) is 6.34. The highest BCUT2D eigenvalue weighted by atomic mass is 32.2. The average Bonchev–Trinajstić information content (AvgIpc) is 3.40. The lowest BCUT2D eigenvalue weighted by Gasteiger charge is -2.22. The third-order valence-corrected chi connectivity index (χ3v) is 8.25. The fraction of sp³-hybridized carbons (Fsp3) is 0.591. The minimum Gasteiger partial charge on any atom is -0.346 e. The van der Waals surface area contributed by atoms with Crippen LogP contribution in [0.3, 0.4) is 0 Å². The Kier molecular flexibility index (Phi) is 7.22. The van der Waals surface area contributed by atoms with Crippen molar-refractivity contribution >= 4 is 15.9 Å². The second-order valence-electron chi connectivity index (χ2n) is 8.40. The third kappa shape index (κ3) is 5.02. The molecule has 1 atom stereocenters. The molecule has 3 heterocycles. The van der Waals surface area contributed by atoms with E-state index < -0.39 is 15.9 Å². The van der Waals surface area contributed by atoms with E-state index in [0.717, 1.165) is 51.6 Å². The molecule has 32 heavy (non-hydrogen) atoms. The summed E-state index contributed by atoms with van der Waals surface area (Å²) in [5.74, 6) is -0.237. The van der Waals surface area contributed by atoms with E-state index in [0.29, 0.717) is 31.2 Å². The Morgan fingerprint density at radius 1 is 1.09 bits per heavy atom. The van der Waals surface area contributed by atoms with Crippen molar-refractivity contribution in [3.63, 3.8) is 0 Å². The number of carbonyl (C=O) groups excluding carboxylic acids is 1. The van der Waals surface area contributed by atoms with E-state index in [1.807, 2.05) is 0 Å². The first-order valence-electron chi connectivity index (χ1n) is 11.5. The highest BCUT2D eigenvalue weighted by Crippen LogP contribution is 2.23. The summed E-state index contributed by atoms with van der Waals surface area (Å²) in [6.45, 7) is 5.82. The molecule has 0 bridgehead atoms. The number of likely N-dealkylation sites (tertiary alicyclic amines) is 1. The number of amides is 1. The van der Waals surface area contributed by atoms with Gasteiger partial charge in [0, 0.05) is 31.2 Å². The van der Waals surface area contributed by atoms with Crippen molar-refractivity contribution in [1.82, 2.24) is 24.7 Å². The summed E-state index contributed by atoms with van der Waals surface area (Å²) in [6.07, 6.45) is 6.12. The highest BCUT2D eigenvalue weighted by Gasteiger charge is 2.26. The van der Waals surface area contributed by atoms with Crippen molar-refractivity contribution in [3.05, 3.63) is 30.2 Å². The van der Waals surface area contributed by atoms with Crippen molar-refractivity contribution < 1.29 is 17.7 Å². The van der Waals surface area contributed by atoms with Crippen molar-refractivity contribution in [1.29, 1.82) is 0 Å². The normalized spacial score (nSPS) is 20.8. The molecule has 2 aromatic rings. The van der Waals surface area contributed by atoms with Crippen LogP contribution in [0.5, 0.6) is 0 Å². The molecule has 9 nitrogen and oxygen atoms in total. The van der Waals surface area contributed by atoms with Gasteiger partial charge in [0.1, 0.15) is 0 Å². The van der Waals surface area contributed by atoms with Gasteiger partial charge < -0.3 is 9.84 Å². The lowest BCUT2D eigenvalue weighted by Crippen LogP contribution is -2.40. The first-order chi connectivity index (χ1) is 15.5. The summed E-state index contributed by atoms with van der Waals surface area (Å²) < 4.78 is 32.6. The number of hydrogen-bond donors (Lipinski definition) is 1. The molecule has 174 valence electrons. The molecule has 10 heteroatoms. The van der Waals surface area contributed by atoms with Gasteiger partial charge in [-0.15, -0.1) is 0 Å². The van der Waals surface area contributed by atoms with Crippen LogP contribution < -0.4 is 5.32 Å². The lowest BCUT2D eigenvalue weighted by molar-refractivity contribution is 0.0897. The topological polar surface area (TPSA) is 109 Å². The van der Waals surface area contributed by atoms with E-state index in [-0.39, 0.29) is 16.6 Å². The summed E-state index contributed by atoms with van der Waals surface area (Å²) >= 11 is 0. The zero-order valence-electron chi connectivity index (χ0n) is 18.5. The molecule has 1 amide bonds. The minimum atomic E-state index is -3.51. The van der Waals surface area contributed by atoms with E-state index >= 15 is 0 Å². The first-order valence-corrected chi connectivity index (χ1v) is 12.9. The Morgan fingerprint density at radius 3 is 2.50 bits per heavy atom. The van der Waals surface area contributed by atoms with E-state index in [1.165, 1.54) is 0 Å². The van der Waals surface area contributed by atoms with Crippen molar-refractivity contribution in [2.24, 2.45) is 0 Å². The number of rotatable bonds is 7. The Balaban J connectivity index is 1.40. The predicted octanol–water partition coefficient (Wildman–Crippen LogP) is 2.52. The average molecular weight is 462 g/mol. The summed E-state index contributed by atoms with van der Waals surface area (Å²) in [4.78, 5) is 19.2. The molecule has 1 aromatic heterocycles. The molecule has 0 aliphatic carbocycles. The highest BCUT2D eigenvalue weighted by molar-refractivity contribution is 7.89. The van der Waals surface area contributed by atoms with Gasteiger partial charge in [-0.05, 0) is 63.0 Å². The van der Waals surface area contributed by atoms with Gasteiger partial charge in [0.25, 0.3) is 0 Å². The molecule has 0 radical (unpaired) electrons. The molecule has 0 unspecified atom stereocenters. The lowest BCUT2D eigenvalue weighted by atomic mass is 10.2. The molecule has 2 fully saturated rings. The first kappa shape index (κ1) is 22.9. The molecule has 0 saturated carbocycles. The quantitative estimate of drug-likeness (QED) is 0.675. The van der Waals surface area contributed by atoms with Crippen LogP contribution in [0.2, 0.25) is 0 Å². The van der Waals surface area contributed by atoms with E-state index in [4.69, 9.17) is 4.52 Å².